The van der Waals surface area contributed by atoms with Gasteiger partial charge in [-0.25, -0.2) is 19.3 Å². The van der Waals surface area contributed by atoms with E-state index >= 15 is 0 Å². The lowest BCUT2D eigenvalue weighted by Crippen LogP contribution is -2.00. The zero-order valence-corrected chi connectivity index (χ0v) is 13.3. The highest BCUT2D eigenvalue weighted by molar-refractivity contribution is 9.10. The van der Waals surface area contributed by atoms with E-state index in [1.165, 1.54) is 23.5 Å². The summed E-state index contributed by atoms with van der Waals surface area (Å²) in [5.74, 6) is -0.485. The van der Waals surface area contributed by atoms with Gasteiger partial charge in [-0.15, -0.1) is 11.3 Å². The number of hydrogen-bond acceptors (Lipinski definition) is 6. The lowest BCUT2D eigenvalue weighted by Gasteiger charge is -2.08. The number of nitrogens with zero attached hydrogens (tertiary/aromatic N) is 4. The third-order valence-corrected chi connectivity index (χ3v) is 4.02. The number of pyridine rings is 2. The van der Waals surface area contributed by atoms with Crippen molar-refractivity contribution in [2.24, 2.45) is 0 Å². The van der Waals surface area contributed by atoms with Crippen LogP contribution in [0.15, 0.2) is 34.4 Å². The third kappa shape index (κ3) is 2.68. The van der Waals surface area contributed by atoms with Crippen LogP contribution in [-0.2, 0) is 0 Å². The Kier molecular flexibility index (Phi) is 3.83. The largest absolute Gasteiger partial charge is 0.398 e. The summed E-state index contributed by atoms with van der Waals surface area (Å²) in [6, 6.07) is 6.00. The number of thiazole rings is 1. The van der Waals surface area contributed by atoms with Gasteiger partial charge in [-0.3, -0.25) is 0 Å². The molecule has 0 fully saturated rings. The van der Waals surface area contributed by atoms with Gasteiger partial charge in [0.05, 0.1) is 11.4 Å². The SMILES string of the molecule is N#Cc1c(N)cc(-c2nccs2)nc1-c1cc(F)cc(Br)n1. The minimum absolute atomic E-state index is 0.158. The number of nitrogens with two attached hydrogens (primary N) is 1. The summed E-state index contributed by atoms with van der Waals surface area (Å²) in [5, 5.41) is 11.8. The molecule has 0 radical (unpaired) electrons. The fourth-order valence-electron chi connectivity index (χ4n) is 1.91. The summed E-state index contributed by atoms with van der Waals surface area (Å²) in [6.07, 6.45) is 1.65. The fraction of sp³-hybridized carbons (Fsp3) is 0. The zero-order chi connectivity index (χ0) is 15.7. The monoisotopic (exact) mass is 375 g/mol. The van der Waals surface area contributed by atoms with Crippen LogP contribution in [0.2, 0.25) is 0 Å². The average molecular weight is 376 g/mol. The van der Waals surface area contributed by atoms with Crippen molar-refractivity contribution in [1.82, 2.24) is 15.0 Å². The predicted octanol–water partition coefficient (Wildman–Crippen LogP) is 3.62. The van der Waals surface area contributed by atoms with E-state index in [9.17, 15) is 9.65 Å². The summed E-state index contributed by atoms with van der Waals surface area (Å²) in [5.41, 5.74) is 7.32. The smallest absolute Gasteiger partial charge is 0.141 e. The Morgan fingerprint density at radius 3 is 2.68 bits per heavy atom. The van der Waals surface area contributed by atoms with Crippen molar-refractivity contribution < 1.29 is 4.39 Å². The molecule has 0 saturated heterocycles. The summed E-state index contributed by atoms with van der Waals surface area (Å²) in [6.45, 7) is 0. The number of rotatable bonds is 2. The first kappa shape index (κ1) is 14.6. The van der Waals surface area contributed by atoms with Crippen molar-refractivity contribution in [3.63, 3.8) is 0 Å². The lowest BCUT2D eigenvalue weighted by molar-refractivity contribution is 0.625. The Morgan fingerprint density at radius 1 is 1.23 bits per heavy atom. The average Bonchev–Trinajstić information content (AvgIpc) is 2.99. The molecule has 8 heteroatoms. The maximum absolute atomic E-state index is 13.6. The Labute approximate surface area is 137 Å². The minimum Gasteiger partial charge on any atom is -0.398 e. The molecule has 0 atom stereocenters. The second kappa shape index (κ2) is 5.79. The van der Waals surface area contributed by atoms with E-state index in [4.69, 9.17) is 5.73 Å². The number of anilines is 1. The summed E-state index contributed by atoms with van der Waals surface area (Å²) < 4.78 is 13.9. The van der Waals surface area contributed by atoms with Gasteiger partial charge in [0, 0.05) is 23.7 Å². The van der Waals surface area contributed by atoms with Crippen LogP contribution in [0.5, 0.6) is 0 Å². The van der Waals surface area contributed by atoms with Crippen molar-refractivity contribution in [2.75, 3.05) is 5.73 Å². The Balaban J connectivity index is 2.27. The number of halogens is 2. The quantitative estimate of drug-likeness (QED) is 0.690. The lowest BCUT2D eigenvalue weighted by atomic mass is 10.1. The van der Waals surface area contributed by atoms with Crippen LogP contribution < -0.4 is 5.73 Å². The molecule has 0 bridgehead atoms. The molecule has 3 rings (SSSR count). The molecule has 0 aliphatic carbocycles. The minimum atomic E-state index is -0.485. The molecule has 0 aliphatic rings. The van der Waals surface area contributed by atoms with Gasteiger partial charge in [0.15, 0.2) is 0 Å². The Morgan fingerprint density at radius 2 is 2.05 bits per heavy atom. The van der Waals surface area contributed by atoms with Gasteiger partial charge in [-0.2, -0.15) is 5.26 Å². The van der Waals surface area contributed by atoms with Crippen molar-refractivity contribution in [3.8, 4) is 28.2 Å². The van der Waals surface area contributed by atoms with E-state index in [0.29, 0.717) is 15.3 Å². The second-order valence-corrected chi connectivity index (χ2v) is 5.97. The molecule has 0 aromatic carbocycles. The van der Waals surface area contributed by atoms with Crippen molar-refractivity contribution in [3.05, 3.63) is 45.8 Å². The van der Waals surface area contributed by atoms with Gasteiger partial charge in [0.25, 0.3) is 0 Å². The van der Waals surface area contributed by atoms with Crippen molar-refractivity contribution in [2.45, 2.75) is 0 Å². The maximum atomic E-state index is 13.6. The molecule has 0 spiro atoms. The topological polar surface area (TPSA) is 88.5 Å². The Hall–Kier alpha value is -2.37. The van der Waals surface area contributed by atoms with E-state index in [1.807, 2.05) is 11.4 Å². The molecule has 0 unspecified atom stereocenters. The van der Waals surface area contributed by atoms with Crippen LogP contribution in [0.25, 0.3) is 22.1 Å². The summed E-state index contributed by atoms with van der Waals surface area (Å²) in [4.78, 5) is 12.7. The molecule has 5 nitrogen and oxygen atoms in total. The molecule has 3 heterocycles. The highest BCUT2D eigenvalue weighted by Gasteiger charge is 2.16. The molecule has 2 N–H and O–H groups in total. The molecule has 22 heavy (non-hydrogen) atoms. The van der Waals surface area contributed by atoms with Crippen LogP contribution in [0.3, 0.4) is 0 Å². The third-order valence-electron chi connectivity index (χ3n) is 2.81. The Bertz CT molecular complexity index is 869. The number of nitriles is 1. The molecule has 3 aromatic heterocycles. The maximum Gasteiger partial charge on any atom is 0.141 e. The highest BCUT2D eigenvalue weighted by atomic mass is 79.9. The van der Waals surface area contributed by atoms with Crippen LogP contribution in [-0.4, -0.2) is 15.0 Å². The van der Waals surface area contributed by atoms with Gasteiger partial charge in [0.2, 0.25) is 0 Å². The van der Waals surface area contributed by atoms with Crippen LogP contribution in [0, 0.1) is 17.1 Å². The first-order chi connectivity index (χ1) is 10.6. The van der Waals surface area contributed by atoms with Crippen LogP contribution in [0.1, 0.15) is 5.56 Å². The molecule has 3 aromatic rings. The summed E-state index contributed by atoms with van der Waals surface area (Å²) in [7, 11) is 0. The van der Waals surface area contributed by atoms with E-state index in [-0.39, 0.29) is 22.6 Å². The van der Waals surface area contributed by atoms with E-state index in [0.717, 1.165) is 0 Å². The van der Waals surface area contributed by atoms with Crippen molar-refractivity contribution in [1.29, 1.82) is 5.26 Å². The van der Waals surface area contributed by atoms with E-state index in [1.54, 1.807) is 12.3 Å². The number of nitrogen functional groups attached to an aromatic ring is 1. The van der Waals surface area contributed by atoms with Gasteiger partial charge in [-0.1, -0.05) is 0 Å². The van der Waals surface area contributed by atoms with Gasteiger partial charge < -0.3 is 5.73 Å². The molecule has 108 valence electrons. The molecule has 0 aliphatic heterocycles. The first-order valence-electron chi connectivity index (χ1n) is 6.02. The molecule has 0 saturated carbocycles. The second-order valence-electron chi connectivity index (χ2n) is 4.26. The van der Waals surface area contributed by atoms with Gasteiger partial charge in [-0.05, 0) is 22.0 Å². The van der Waals surface area contributed by atoms with E-state index in [2.05, 4.69) is 30.9 Å². The van der Waals surface area contributed by atoms with Crippen molar-refractivity contribution >= 4 is 33.0 Å². The molecular formula is C14H7BrFN5S. The van der Waals surface area contributed by atoms with E-state index < -0.39 is 5.82 Å². The van der Waals surface area contributed by atoms with Gasteiger partial charge in [0.1, 0.15) is 38.4 Å². The number of aromatic nitrogens is 3. The summed E-state index contributed by atoms with van der Waals surface area (Å²) >= 11 is 4.52. The fourth-order valence-corrected chi connectivity index (χ4v) is 2.92. The van der Waals surface area contributed by atoms with Crippen LogP contribution in [0.4, 0.5) is 10.1 Å². The van der Waals surface area contributed by atoms with Crippen LogP contribution >= 0.6 is 27.3 Å². The number of hydrogen-bond donors (Lipinski definition) is 1. The zero-order valence-electron chi connectivity index (χ0n) is 10.9. The molecular weight excluding hydrogens is 369 g/mol. The normalized spacial score (nSPS) is 10.4. The van der Waals surface area contributed by atoms with Gasteiger partial charge >= 0.3 is 0 Å². The first-order valence-corrected chi connectivity index (χ1v) is 7.69. The standard InChI is InChI=1S/C14H7BrFN5S/c15-12-4-7(16)3-10(20-12)13-8(6-17)9(18)5-11(21-13)14-19-1-2-22-14/h1-5H,(H2,18,21). The highest BCUT2D eigenvalue weighted by Crippen LogP contribution is 2.31. The molecule has 0 amide bonds. The predicted molar refractivity (Wildman–Crippen MR) is 85.4 cm³/mol.